The van der Waals surface area contributed by atoms with E-state index < -0.39 is 0 Å². The minimum atomic E-state index is -0.278. The number of hydrogen-bond acceptors (Lipinski definition) is 5. The third kappa shape index (κ3) is 3.36. The summed E-state index contributed by atoms with van der Waals surface area (Å²) in [7, 11) is 1.75. The van der Waals surface area contributed by atoms with Gasteiger partial charge < -0.3 is 5.32 Å². The van der Waals surface area contributed by atoms with Crippen LogP contribution in [0.25, 0.3) is 0 Å². The Morgan fingerprint density at radius 1 is 1.40 bits per heavy atom. The van der Waals surface area contributed by atoms with Crippen molar-refractivity contribution in [3.8, 4) is 0 Å². The molecule has 0 saturated carbocycles. The molecule has 7 heteroatoms. The van der Waals surface area contributed by atoms with Crippen LogP contribution in [0.3, 0.4) is 0 Å². The number of thioether (sulfide) groups is 1. The van der Waals surface area contributed by atoms with Crippen molar-refractivity contribution >= 4 is 23.4 Å². The molecule has 6 nitrogen and oxygen atoms in total. The van der Waals surface area contributed by atoms with E-state index in [1.54, 1.807) is 11.7 Å². The van der Waals surface area contributed by atoms with Crippen LogP contribution in [-0.2, 0) is 11.8 Å². The van der Waals surface area contributed by atoms with E-state index in [1.807, 2.05) is 39.0 Å². The second-order valence-electron chi connectivity index (χ2n) is 4.65. The number of aromatic nitrogens is 4. The largest absolute Gasteiger partial charge is 0.325 e. The number of carbonyl (C=O) groups is 1. The Morgan fingerprint density at radius 3 is 2.80 bits per heavy atom. The molecule has 0 aliphatic rings. The second-order valence-corrected chi connectivity index (χ2v) is 5.96. The lowest BCUT2D eigenvalue weighted by Gasteiger charge is -2.13. The van der Waals surface area contributed by atoms with Gasteiger partial charge in [-0.15, -0.1) is 5.10 Å². The molecule has 1 unspecified atom stereocenters. The van der Waals surface area contributed by atoms with E-state index in [0.717, 1.165) is 16.8 Å². The molecule has 1 atom stereocenters. The van der Waals surface area contributed by atoms with Crippen LogP contribution in [0.5, 0.6) is 0 Å². The third-order valence-corrected chi connectivity index (χ3v) is 4.01. The molecule has 0 radical (unpaired) electrons. The first-order valence-corrected chi connectivity index (χ1v) is 7.12. The van der Waals surface area contributed by atoms with Gasteiger partial charge in [0.2, 0.25) is 11.1 Å². The number of aryl methyl sites for hydroxylation is 3. The average Bonchev–Trinajstić information content (AvgIpc) is 2.79. The van der Waals surface area contributed by atoms with E-state index in [2.05, 4.69) is 20.8 Å². The highest BCUT2D eigenvalue weighted by Gasteiger charge is 2.18. The van der Waals surface area contributed by atoms with Crippen molar-refractivity contribution in [1.29, 1.82) is 0 Å². The van der Waals surface area contributed by atoms with Crippen LogP contribution in [0.4, 0.5) is 5.69 Å². The van der Waals surface area contributed by atoms with E-state index in [9.17, 15) is 4.79 Å². The lowest BCUT2D eigenvalue weighted by molar-refractivity contribution is -0.115. The van der Waals surface area contributed by atoms with Gasteiger partial charge in [-0.1, -0.05) is 23.9 Å². The first kappa shape index (κ1) is 14.5. The van der Waals surface area contributed by atoms with Gasteiger partial charge in [-0.25, -0.2) is 4.68 Å². The van der Waals surface area contributed by atoms with Crippen LogP contribution < -0.4 is 5.32 Å². The van der Waals surface area contributed by atoms with Crippen molar-refractivity contribution in [2.75, 3.05) is 5.32 Å². The summed E-state index contributed by atoms with van der Waals surface area (Å²) in [4.78, 5) is 12.2. The minimum absolute atomic E-state index is 0.0632. The number of benzene rings is 1. The molecule has 1 amide bonds. The zero-order valence-electron chi connectivity index (χ0n) is 11.9. The number of carbonyl (C=O) groups excluding carboxylic acids is 1. The van der Waals surface area contributed by atoms with Crippen molar-refractivity contribution in [2.24, 2.45) is 7.05 Å². The van der Waals surface area contributed by atoms with Gasteiger partial charge in [0.15, 0.2) is 0 Å². The van der Waals surface area contributed by atoms with Crippen molar-refractivity contribution in [2.45, 2.75) is 31.2 Å². The number of anilines is 1. The molecule has 1 heterocycles. The van der Waals surface area contributed by atoms with Crippen LogP contribution in [0.2, 0.25) is 0 Å². The van der Waals surface area contributed by atoms with Gasteiger partial charge in [-0.2, -0.15) is 0 Å². The van der Waals surface area contributed by atoms with Gasteiger partial charge in [0.25, 0.3) is 0 Å². The molecule has 0 saturated heterocycles. The Kier molecular flexibility index (Phi) is 4.39. The molecule has 1 aromatic carbocycles. The Morgan fingerprint density at radius 2 is 2.15 bits per heavy atom. The zero-order valence-corrected chi connectivity index (χ0v) is 12.7. The van der Waals surface area contributed by atoms with Crippen molar-refractivity contribution in [3.63, 3.8) is 0 Å². The summed E-state index contributed by atoms with van der Waals surface area (Å²) in [5.74, 6) is -0.0632. The summed E-state index contributed by atoms with van der Waals surface area (Å²) in [6, 6.07) is 5.98. The number of rotatable bonds is 4. The summed E-state index contributed by atoms with van der Waals surface area (Å²) >= 11 is 1.33. The zero-order chi connectivity index (χ0) is 14.7. The quantitative estimate of drug-likeness (QED) is 0.872. The molecule has 0 spiro atoms. The maximum Gasteiger partial charge on any atom is 0.237 e. The van der Waals surface area contributed by atoms with Crippen LogP contribution in [0.15, 0.2) is 23.4 Å². The van der Waals surface area contributed by atoms with E-state index in [1.165, 1.54) is 11.8 Å². The van der Waals surface area contributed by atoms with Gasteiger partial charge >= 0.3 is 0 Å². The normalized spacial score (nSPS) is 12.2. The number of tetrazole rings is 1. The molecule has 0 aliphatic heterocycles. The van der Waals surface area contributed by atoms with Crippen molar-refractivity contribution in [1.82, 2.24) is 20.2 Å². The molecule has 20 heavy (non-hydrogen) atoms. The molecule has 0 aliphatic carbocycles. The van der Waals surface area contributed by atoms with Crippen molar-refractivity contribution in [3.05, 3.63) is 29.3 Å². The number of hydrogen-bond donors (Lipinski definition) is 1. The SMILES string of the molecule is Cc1ccc(C)c(NC(=O)C(C)Sc2nnnn2C)c1. The van der Waals surface area contributed by atoms with Crippen LogP contribution >= 0.6 is 11.8 Å². The van der Waals surface area contributed by atoms with Crippen LogP contribution in [0.1, 0.15) is 18.1 Å². The first-order chi connectivity index (χ1) is 9.47. The minimum Gasteiger partial charge on any atom is -0.325 e. The highest BCUT2D eigenvalue weighted by molar-refractivity contribution is 8.00. The van der Waals surface area contributed by atoms with E-state index >= 15 is 0 Å². The Balaban J connectivity index is 2.04. The molecular weight excluding hydrogens is 274 g/mol. The van der Waals surface area contributed by atoms with E-state index in [4.69, 9.17) is 0 Å². The third-order valence-electron chi connectivity index (χ3n) is 2.88. The highest BCUT2D eigenvalue weighted by atomic mass is 32.2. The smallest absolute Gasteiger partial charge is 0.237 e. The summed E-state index contributed by atoms with van der Waals surface area (Å²) in [6.07, 6.45) is 0. The average molecular weight is 291 g/mol. The fraction of sp³-hybridized carbons (Fsp3) is 0.385. The Hall–Kier alpha value is -1.89. The van der Waals surface area contributed by atoms with Gasteiger partial charge in [0.1, 0.15) is 0 Å². The van der Waals surface area contributed by atoms with Crippen molar-refractivity contribution < 1.29 is 4.79 Å². The molecule has 2 rings (SSSR count). The van der Waals surface area contributed by atoms with Crippen LogP contribution in [-0.4, -0.2) is 31.4 Å². The Labute approximate surface area is 121 Å². The van der Waals surface area contributed by atoms with Gasteiger partial charge in [0, 0.05) is 12.7 Å². The molecule has 1 aromatic heterocycles. The standard InChI is InChI=1S/C13H17N5OS/c1-8-5-6-9(2)11(7-8)14-12(19)10(3)20-13-15-16-17-18(13)4/h5-7,10H,1-4H3,(H,14,19). The molecule has 1 N–H and O–H groups in total. The van der Waals surface area contributed by atoms with Gasteiger partial charge in [-0.3, -0.25) is 4.79 Å². The molecular formula is C13H17N5OS. The Bertz CT molecular complexity index is 625. The molecule has 106 valence electrons. The highest BCUT2D eigenvalue weighted by Crippen LogP contribution is 2.22. The van der Waals surface area contributed by atoms with Crippen LogP contribution in [0, 0.1) is 13.8 Å². The maximum absolute atomic E-state index is 12.2. The second kappa shape index (κ2) is 6.04. The fourth-order valence-corrected chi connectivity index (χ4v) is 2.39. The predicted molar refractivity (Wildman–Crippen MR) is 78.7 cm³/mol. The fourth-order valence-electron chi connectivity index (χ4n) is 1.64. The summed E-state index contributed by atoms with van der Waals surface area (Å²) in [5.41, 5.74) is 3.00. The molecule has 0 bridgehead atoms. The number of nitrogens with one attached hydrogen (secondary N) is 1. The maximum atomic E-state index is 12.2. The predicted octanol–water partition coefficient (Wildman–Crippen LogP) is 1.95. The van der Waals surface area contributed by atoms with E-state index in [-0.39, 0.29) is 11.2 Å². The monoisotopic (exact) mass is 291 g/mol. The lowest BCUT2D eigenvalue weighted by Crippen LogP contribution is -2.23. The summed E-state index contributed by atoms with van der Waals surface area (Å²) in [6.45, 7) is 5.80. The van der Waals surface area contributed by atoms with E-state index in [0.29, 0.717) is 5.16 Å². The van der Waals surface area contributed by atoms with Gasteiger partial charge in [0.05, 0.1) is 5.25 Å². The summed E-state index contributed by atoms with van der Waals surface area (Å²) in [5, 5.41) is 14.4. The lowest BCUT2D eigenvalue weighted by atomic mass is 10.1. The summed E-state index contributed by atoms with van der Waals surface area (Å²) < 4.78 is 1.55. The number of nitrogens with zero attached hydrogens (tertiary/aromatic N) is 4. The topological polar surface area (TPSA) is 72.7 Å². The van der Waals surface area contributed by atoms with Gasteiger partial charge in [-0.05, 0) is 48.4 Å². The number of amides is 1. The molecule has 2 aromatic rings. The molecule has 0 fully saturated rings. The first-order valence-electron chi connectivity index (χ1n) is 6.24.